The Morgan fingerprint density at radius 3 is 2.38 bits per heavy atom. The zero-order valence-electron chi connectivity index (χ0n) is 12.8. The van der Waals surface area contributed by atoms with Crippen LogP contribution in [0.4, 0.5) is 5.95 Å². The van der Waals surface area contributed by atoms with Gasteiger partial charge in [0.2, 0.25) is 5.95 Å². The molecule has 3 N–H and O–H groups in total. The molecular formula is C20H14N4. The van der Waals surface area contributed by atoms with Crippen molar-refractivity contribution in [2.45, 2.75) is 0 Å². The molecule has 4 nitrogen and oxygen atoms in total. The third-order valence-corrected chi connectivity index (χ3v) is 4.40. The Hall–Kier alpha value is -3.40. The van der Waals surface area contributed by atoms with Crippen molar-refractivity contribution in [1.82, 2.24) is 15.0 Å². The number of hydrogen-bond donors (Lipinski definition) is 2. The maximum Gasteiger partial charge on any atom is 0.221 e. The summed E-state index contributed by atoms with van der Waals surface area (Å²) in [7, 11) is 0. The number of hydrogen-bond acceptors (Lipinski definition) is 3. The van der Waals surface area contributed by atoms with E-state index in [1.807, 2.05) is 30.3 Å². The second-order valence-corrected chi connectivity index (χ2v) is 5.88. The number of aromatic nitrogens is 3. The highest BCUT2D eigenvalue weighted by atomic mass is 15.0. The van der Waals surface area contributed by atoms with Crippen molar-refractivity contribution in [3.63, 3.8) is 0 Å². The largest absolute Gasteiger partial charge is 0.368 e. The molecule has 0 aliphatic heterocycles. The summed E-state index contributed by atoms with van der Waals surface area (Å²) in [5.41, 5.74) is 10.9. The highest BCUT2D eigenvalue weighted by Crippen LogP contribution is 2.32. The quantitative estimate of drug-likeness (QED) is 0.478. The summed E-state index contributed by atoms with van der Waals surface area (Å²) in [4.78, 5) is 12.3. The van der Waals surface area contributed by atoms with Crippen LogP contribution in [0.2, 0.25) is 0 Å². The lowest BCUT2D eigenvalue weighted by molar-refractivity contribution is 1.24. The minimum atomic E-state index is 0.294. The van der Waals surface area contributed by atoms with Crippen LogP contribution >= 0.6 is 0 Å². The fourth-order valence-corrected chi connectivity index (χ4v) is 3.31. The zero-order chi connectivity index (χ0) is 16.1. The Morgan fingerprint density at radius 1 is 0.708 bits per heavy atom. The highest BCUT2D eigenvalue weighted by Gasteiger charge is 2.11. The molecule has 0 aliphatic carbocycles. The molecule has 2 aromatic heterocycles. The minimum absolute atomic E-state index is 0.294. The second-order valence-electron chi connectivity index (χ2n) is 5.88. The number of anilines is 1. The van der Waals surface area contributed by atoms with Crippen LogP contribution in [-0.2, 0) is 0 Å². The molecule has 0 fully saturated rings. The van der Waals surface area contributed by atoms with Crippen molar-refractivity contribution in [2.75, 3.05) is 5.73 Å². The van der Waals surface area contributed by atoms with Crippen LogP contribution in [0, 0.1) is 0 Å². The first-order valence-corrected chi connectivity index (χ1v) is 7.83. The molecule has 4 heteroatoms. The van der Waals surface area contributed by atoms with Crippen molar-refractivity contribution >= 4 is 38.7 Å². The molecule has 5 aromatic rings. The van der Waals surface area contributed by atoms with Crippen LogP contribution < -0.4 is 5.73 Å². The number of para-hydroxylation sites is 2. The van der Waals surface area contributed by atoms with Gasteiger partial charge >= 0.3 is 0 Å². The zero-order valence-corrected chi connectivity index (χ0v) is 12.8. The van der Waals surface area contributed by atoms with Gasteiger partial charge in [-0.1, -0.05) is 42.5 Å². The third kappa shape index (κ3) is 1.86. The standard InChI is InChI=1S/C20H14N4/c21-20-23-17-8-4-2-6-14(17)19(24-20)12-9-10-18-15(11-12)13-5-1-3-7-16(13)22-18/h1-11,22H,(H2,21,23,24). The van der Waals surface area contributed by atoms with Crippen molar-refractivity contribution in [3.8, 4) is 11.3 Å². The Kier molecular flexibility index (Phi) is 2.61. The number of nitrogen functional groups attached to an aromatic ring is 1. The molecule has 3 aromatic carbocycles. The van der Waals surface area contributed by atoms with E-state index in [1.54, 1.807) is 0 Å². The lowest BCUT2D eigenvalue weighted by atomic mass is 10.0. The fourth-order valence-electron chi connectivity index (χ4n) is 3.31. The number of fused-ring (bicyclic) bond motifs is 4. The molecule has 0 atom stereocenters. The molecule has 0 unspecified atom stereocenters. The number of benzene rings is 3. The van der Waals surface area contributed by atoms with E-state index in [2.05, 4.69) is 51.4 Å². The van der Waals surface area contributed by atoms with E-state index in [1.165, 1.54) is 10.8 Å². The average molecular weight is 310 g/mol. The predicted molar refractivity (Wildman–Crippen MR) is 98.7 cm³/mol. The summed E-state index contributed by atoms with van der Waals surface area (Å²) in [5, 5.41) is 3.40. The molecule has 0 amide bonds. The van der Waals surface area contributed by atoms with Gasteiger partial charge in [-0.2, -0.15) is 0 Å². The van der Waals surface area contributed by atoms with Crippen molar-refractivity contribution in [1.29, 1.82) is 0 Å². The van der Waals surface area contributed by atoms with Crippen LogP contribution in [0.3, 0.4) is 0 Å². The first kappa shape index (κ1) is 13.1. The Morgan fingerprint density at radius 2 is 1.46 bits per heavy atom. The highest BCUT2D eigenvalue weighted by molar-refractivity contribution is 6.09. The minimum Gasteiger partial charge on any atom is -0.368 e. The Labute approximate surface area is 138 Å². The Bertz CT molecular complexity index is 1220. The molecule has 0 bridgehead atoms. The maximum absolute atomic E-state index is 5.92. The molecule has 2 heterocycles. The van der Waals surface area contributed by atoms with Crippen LogP contribution in [0.15, 0.2) is 66.7 Å². The number of nitrogens with two attached hydrogens (primary N) is 1. The van der Waals surface area contributed by atoms with Gasteiger partial charge in [0.15, 0.2) is 0 Å². The molecular weight excluding hydrogens is 296 g/mol. The fraction of sp³-hybridized carbons (Fsp3) is 0. The monoisotopic (exact) mass is 310 g/mol. The Balaban J connectivity index is 1.85. The van der Waals surface area contributed by atoms with Crippen LogP contribution in [0.25, 0.3) is 44.0 Å². The lowest BCUT2D eigenvalue weighted by Gasteiger charge is -2.07. The molecule has 5 rings (SSSR count). The SMILES string of the molecule is Nc1nc(-c2ccc3[nH]c4ccccc4c3c2)c2ccccc2n1. The smallest absolute Gasteiger partial charge is 0.221 e. The van der Waals surface area contributed by atoms with Gasteiger partial charge in [-0.25, -0.2) is 9.97 Å². The van der Waals surface area contributed by atoms with Crippen LogP contribution in [0.1, 0.15) is 0 Å². The predicted octanol–water partition coefficient (Wildman–Crippen LogP) is 4.51. The number of H-pyrrole nitrogens is 1. The van der Waals surface area contributed by atoms with E-state index in [-0.39, 0.29) is 0 Å². The number of nitrogens with zero attached hydrogens (tertiary/aromatic N) is 2. The topological polar surface area (TPSA) is 67.6 Å². The molecule has 0 spiro atoms. The number of aromatic amines is 1. The van der Waals surface area contributed by atoms with Gasteiger partial charge in [0.1, 0.15) is 0 Å². The van der Waals surface area contributed by atoms with Crippen molar-refractivity contribution in [3.05, 3.63) is 66.7 Å². The summed E-state index contributed by atoms with van der Waals surface area (Å²) in [6.07, 6.45) is 0. The molecule has 0 saturated carbocycles. The summed E-state index contributed by atoms with van der Waals surface area (Å²) in [6.45, 7) is 0. The first-order valence-electron chi connectivity index (χ1n) is 7.83. The van der Waals surface area contributed by atoms with Gasteiger partial charge < -0.3 is 10.7 Å². The first-order chi connectivity index (χ1) is 11.8. The average Bonchev–Trinajstić information content (AvgIpc) is 2.99. The molecule has 114 valence electrons. The second kappa shape index (κ2) is 4.80. The van der Waals surface area contributed by atoms with Gasteiger partial charge in [-0.3, -0.25) is 0 Å². The van der Waals surface area contributed by atoms with Gasteiger partial charge in [-0.05, 0) is 24.3 Å². The van der Waals surface area contributed by atoms with Crippen molar-refractivity contribution < 1.29 is 0 Å². The van der Waals surface area contributed by atoms with Crippen LogP contribution in [0.5, 0.6) is 0 Å². The number of rotatable bonds is 1. The summed E-state index contributed by atoms with van der Waals surface area (Å²) < 4.78 is 0. The summed E-state index contributed by atoms with van der Waals surface area (Å²) >= 11 is 0. The summed E-state index contributed by atoms with van der Waals surface area (Å²) in [6, 6.07) is 22.6. The van der Waals surface area contributed by atoms with Crippen molar-refractivity contribution in [2.24, 2.45) is 0 Å². The van der Waals surface area contributed by atoms with E-state index in [4.69, 9.17) is 5.73 Å². The third-order valence-electron chi connectivity index (χ3n) is 4.40. The van der Waals surface area contributed by atoms with Gasteiger partial charge in [0, 0.05) is 32.8 Å². The lowest BCUT2D eigenvalue weighted by Crippen LogP contribution is -1.97. The maximum atomic E-state index is 5.92. The van der Waals surface area contributed by atoms with E-state index >= 15 is 0 Å². The van der Waals surface area contributed by atoms with E-state index in [0.29, 0.717) is 5.95 Å². The molecule has 0 aliphatic rings. The van der Waals surface area contributed by atoms with E-state index in [9.17, 15) is 0 Å². The van der Waals surface area contributed by atoms with Crippen LogP contribution in [-0.4, -0.2) is 15.0 Å². The molecule has 0 radical (unpaired) electrons. The molecule has 0 saturated heterocycles. The van der Waals surface area contributed by atoms with E-state index < -0.39 is 0 Å². The summed E-state index contributed by atoms with van der Waals surface area (Å²) in [5.74, 6) is 0.294. The number of nitrogens with one attached hydrogen (secondary N) is 1. The van der Waals surface area contributed by atoms with Gasteiger partial charge in [0.05, 0.1) is 11.2 Å². The normalized spacial score (nSPS) is 11.5. The van der Waals surface area contributed by atoms with E-state index in [0.717, 1.165) is 33.2 Å². The van der Waals surface area contributed by atoms with Gasteiger partial charge in [-0.15, -0.1) is 0 Å². The molecule has 24 heavy (non-hydrogen) atoms. The van der Waals surface area contributed by atoms with Gasteiger partial charge in [0.25, 0.3) is 0 Å².